The molecular formula is C17H18ClN3O5. The minimum absolute atomic E-state index is 0.0678. The van der Waals surface area contributed by atoms with E-state index in [1.54, 1.807) is 12.1 Å². The molecular weight excluding hydrogens is 362 g/mol. The van der Waals surface area contributed by atoms with Gasteiger partial charge in [0.25, 0.3) is 5.69 Å². The van der Waals surface area contributed by atoms with Gasteiger partial charge in [0, 0.05) is 11.1 Å². The van der Waals surface area contributed by atoms with Crippen LogP contribution in [0.5, 0.6) is 11.5 Å². The zero-order valence-electron chi connectivity index (χ0n) is 14.5. The van der Waals surface area contributed by atoms with Crippen LogP contribution < -0.4 is 20.1 Å². The summed E-state index contributed by atoms with van der Waals surface area (Å²) in [5.74, 6) is 0.761. The van der Waals surface area contributed by atoms with Gasteiger partial charge in [-0.05, 0) is 43.2 Å². The molecule has 0 unspecified atom stereocenters. The van der Waals surface area contributed by atoms with Crippen LogP contribution in [-0.2, 0) is 0 Å². The van der Waals surface area contributed by atoms with Gasteiger partial charge in [-0.15, -0.1) is 0 Å². The zero-order chi connectivity index (χ0) is 19.3. The van der Waals surface area contributed by atoms with Crippen molar-refractivity contribution < 1.29 is 19.2 Å². The van der Waals surface area contributed by atoms with E-state index in [4.69, 9.17) is 21.1 Å². The number of hydrogen-bond donors (Lipinski definition) is 2. The molecule has 0 spiro atoms. The predicted octanol–water partition coefficient (Wildman–Crippen LogP) is 4.03. The topological polar surface area (TPSA) is 103 Å². The average molecular weight is 380 g/mol. The molecule has 0 saturated heterocycles. The molecule has 0 heterocycles. The van der Waals surface area contributed by atoms with E-state index in [2.05, 4.69) is 10.6 Å². The van der Waals surface area contributed by atoms with Gasteiger partial charge in [0.2, 0.25) is 0 Å². The fourth-order valence-corrected chi connectivity index (χ4v) is 2.35. The number of carbonyl (C=O) groups excluding carboxylic acids is 1. The maximum atomic E-state index is 12.0. The third kappa shape index (κ3) is 4.76. The first-order valence-electron chi connectivity index (χ1n) is 7.58. The standard InChI is InChI=1S/C17H18ClN3O5/c1-10-6-13(7-11(2)16(10)18)26-9-19-17(22)20-14-5-4-12(21(23)24)8-15(14)25-3/h4-8H,9H2,1-3H3,(H2,19,20,22). The molecule has 2 rings (SSSR count). The number of nitrogens with one attached hydrogen (secondary N) is 2. The summed E-state index contributed by atoms with van der Waals surface area (Å²) in [5.41, 5.74) is 1.92. The highest BCUT2D eigenvalue weighted by Crippen LogP contribution is 2.29. The first-order chi connectivity index (χ1) is 12.3. The summed E-state index contributed by atoms with van der Waals surface area (Å²) in [6.07, 6.45) is 0. The molecule has 9 heteroatoms. The maximum absolute atomic E-state index is 12.0. The van der Waals surface area contributed by atoms with Crippen LogP contribution in [0.4, 0.5) is 16.2 Å². The number of halogens is 1. The molecule has 0 saturated carbocycles. The Labute approximate surface area is 155 Å². The molecule has 0 atom stereocenters. The molecule has 2 N–H and O–H groups in total. The van der Waals surface area contributed by atoms with Crippen molar-refractivity contribution in [1.29, 1.82) is 0 Å². The van der Waals surface area contributed by atoms with Crippen LogP contribution in [0.3, 0.4) is 0 Å². The van der Waals surface area contributed by atoms with Crippen molar-refractivity contribution in [2.75, 3.05) is 19.2 Å². The Morgan fingerprint density at radius 1 is 1.23 bits per heavy atom. The van der Waals surface area contributed by atoms with Crippen LogP contribution >= 0.6 is 11.6 Å². The van der Waals surface area contributed by atoms with Gasteiger partial charge >= 0.3 is 6.03 Å². The van der Waals surface area contributed by atoms with Crippen LogP contribution in [-0.4, -0.2) is 24.8 Å². The molecule has 2 amide bonds. The van der Waals surface area contributed by atoms with Gasteiger partial charge in [-0.25, -0.2) is 4.79 Å². The summed E-state index contributed by atoms with van der Waals surface area (Å²) in [7, 11) is 1.36. The Morgan fingerprint density at radius 3 is 2.46 bits per heavy atom. The second-order valence-corrected chi connectivity index (χ2v) is 5.81. The molecule has 0 radical (unpaired) electrons. The van der Waals surface area contributed by atoms with E-state index < -0.39 is 11.0 Å². The fourth-order valence-electron chi connectivity index (χ4n) is 2.24. The molecule has 26 heavy (non-hydrogen) atoms. The minimum Gasteiger partial charge on any atom is -0.494 e. The quantitative estimate of drug-likeness (QED) is 0.448. The summed E-state index contributed by atoms with van der Waals surface area (Å²) in [6.45, 7) is 3.66. The number of rotatable bonds is 6. The van der Waals surface area contributed by atoms with Gasteiger partial charge in [-0.3, -0.25) is 10.1 Å². The molecule has 0 aliphatic heterocycles. The highest BCUT2D eigenvalue weighted by atomic mass is 35.5. The van der Waals surface area contributed by atoms with E-state index in [9.17, 15) is 14.9 Å². The SMILES string of the molecule is COc1cc([N+](=O)[O-])ccc1NC(=O)NCOc1cc(C)c(Cl)c(C)c1. The van der Waals surface area contributed by atoms with Crippen molar-refractivity contribution in [3.8, 4) is 11.5 Å². The summed E-state index contributed by atoms with van der Waals surface area (Å²) in [4.78, 5) is 22.2. The summed E-state index contributed by atoms with van der Waals surface area (Å²) < 4.78 is 10.5. The number of non-ortho nitro benzene ring substituents is 1. The highest BCUT2D eigenvalue weighted by molar-refractivity contribution is 6.32. The van der Waals surface area contributed by atoms with Crippen LogP contribution in [0.15, 0.2) is 30.3 Å². The Balaban J connectivity index is 1.94. The lowest BCUT2D eigenvalue weighted by atomic mass is 10.1. The largest absolute Gasteiger partial charge is 0.494 e. The number of ether oxygens (including phenoxy) is 2. The molecule has 0 aromatic heterocycles. The Morgan fingerprint density at radius 2 is 1.88 bits per heavy atom. The zero-order valence-corrected chi connectivity index (χ0v) is 15.2. The molecule has 0 fully saturated rings. The van der Waals surface area contributed by atoms with Crippen molar-refractivity contribution >= 4 is 29.0 Å². The van der Waals surface area contributed by atoms with Crippen molar-refractivity contribution in [2.45, 2.75) is 13.8 Å². The van der Waals surface area contributed by atoms with Crippen LogP contribution in [0.2, 0.25) is 5.02 Å². The van der Waals surface area contributed by atoms with E-state index in [-0.39, 0.29) is 18.2 Å². The number of carbonyl (C=O) groups is 1. The van der Waals surface area contributed by atoms with Gasteiger partial charge in [-0.2, -0.15) is 0 Å². The monoisotopic (exact) mass is 379 g/mol. The first kappa shape index (κ1) is 19.3. The number of benzene rings is 2. The number of hydrogen-bond acceptors (Lipinski definition) is 5. The second-order valence-electron chi connectivity index (χ2n) is 5.43. The van der Waals surface area contributed by atoms with Gasteiger partial charge in [0.1, 0.15) is 11.5 Å². The van der Waals surface area contributed by atoms with E-state index in [1.807, 2.05) is 13.8 Å². The normalized spacial score (nSPS) is 10.2. The summed E-state index contributed by atoms with van der Waals surface area (Å²) in [6, 6.07) is 6.89. The molecule has 8 nitrogen and oxygen atoms in total. The lowest BCUT2D eigenvalue weighted by Gasteiger charge is -2.13. The Hall–Kier alpha value is -3.00. The maximum Gasteiger partial charge on any atom is 0.321 e. The lowest BCUT2D eigenvalue weighted by Crippen LogP contribution is -2.32. The number of urea groups is 1. The van der Waals surface area contributed by atoms with Crippen LogP contribution in [0.25, 0.3) is 0 Å². The number of nitro groups is 1. The van der Waals surface area contributed by atoms with E-state index in [1.165, 1.54) is 25.3 Å². The van der Waals surface area contributed by atoms with Gasteiger partial charge in [-0.1, -0.05) is 11.6 Å². The van der Waals surface area contributed by atoms with E-state index in [0.717, 1.165) is 11.1 Å². The third-order valence-corrected chi connectivity index (χ3v) is 4.12. The van der Waals surface area contributed by atoms with Crippen molar-refractivity contribution in [2.24, 2.45) is 0 Å². The molecule has 2 aromatic rings. The number of methoxy groups -OCH3 is 1. The highest BCUT2D eigenvalue weighted by Gasteiger charge is 2.13. The van der Waals surface area contributed by atoms with E-state index >= 15 is 0 Å². The third-order valence-electron chi connectivity index (χ3n) is 3.53. The number of aryl methyl sites for hydroxylation is 2. The van der Waals surface area contributed by atoms with Gasteiger partial charge in [0.05, 0.1) is 23.8 Å². The first-order valence-corrected chi connectivity index (χ1v) is 7.96. The smallest absolute Gasteiger partial charge is 0.321 e. The fraction of sp³-hybridized carbons (Fsp3) is 0.235. The summed E-state index contributed by atoms with van der Waals surface area (Å²) >= 11 is 6.09. The number of nitrogens with zero attached hydrogens (tertiary/aromatic N) is 1. The number of amides is 2. The predicted molar refractivity (Wildman–Crippen MR) is 98.2 cm³/mol. The van der Waals surface area contributed by atoms with Crippen LogP contribution in [0, 0.1) is 24.0 Å². The minimum atomic E-state index is -0.545. The molecule has 0 aliphatic carbocycles. The Bertz CT molecular complexity index is 818. The molecule has 0 aliphatic rings. The van der Waals surface area contributed by atoms with Gasteiger partial charge in [0.15, 0.2) is 6.73 Å². The number of nitro benzene ring substituents is 1. The Kier molecular flexibility index (Phi) is 6.24. The molecule has 0 bridgehead atoms. The lowest BCUT2D eigenvalue weighted by molar-refractivity contribution is -0.384. The van der Waals surface area contributed by atoms with Crippen molar-refractivity contribution in [3.63, 3.8) is 0 Å². The number of anilines is 1. The van der Waals surface area contributed by atoms with Crippen molar-refractivity contribution in [3.05, 3.63) is 56.6 Å². The van der Waals surface area contributed by atoms with Crippen LogP contribution in [0.1, 0.15) is 11.1 Å². The van der Waals surface area contributed by atoms with Crippen molar-refractivity contribution in [1.82, 2.24) is 5.32 Å². The second kappa shape index (κ2) is 8.39. The molecule has 2 aromatic carbocycles. The summed E-state index contributed by atoms with van der Waals surface area (Å²) in [5, 5.41) is 16.5. The van der Waals surface area contributed by atoms with E-state index in [0.29, 0.717) is 16.5 Å². The molecule has 138 valence electrons. The average Bonchev–Trinajstić information content (AvgIpc) is 2.59. The van der Waals surface area contributed by atoms with Gasteiger partial charge < -0.3 is 20.1 Å².